The van der Waals surface area contributed by atoms with Gasteiger partial charge in [-0.2, -0.15) is 0 Å². The summed E-state index contributed by atoms with van der Waals surface area (Å²) < 4.78 is 26.2. The highest BCUT2D eigenvalue weighted by atomic mass is 32.2. The molecule has 0 amide bonds. The number of aliphatic hydroxyl groups excluding tert-OH is 1. The average molecular weight is 461 g/mol. The SMILES string of the molecule is CC(C)[C@@H](C)/C=C/[C@@H](C)[C@H]1CCC2/C(=C/C3C4=C(CC[C@H](O)C4)CS3(=O)=O)CCC[C@@]21C. The third-order valence-corrected chi connectivity index (χ3v) is 11.5. The van der Waals surface area contributed by atoms with Crippen LogP contribution >= 0.6 is 0 Å². The zero-order valence-corrected chi connectivity index (χ0v) is 21.6. The quantitative estimate of drug-likeness (QED) is 0.493. The fourth-order valence-corrected chi connectivity index (χ4v) is 9.36. The summed E-state index contributed by atoms with van der Waals surface area (Å²) in [5.74, 6) is 3.21. The monoisotopic (exact) mass is 460 g/mol. The van der Waals surface area contributed by atoms with Crippen molar-refractivity contribution < 1.29 is 13.5 Å². The lowest BCUT2D eigenvalue weighted by Gasteiger charge is -2.44. The molecular weight excluding hydrogens is 416 g/mol. The van der Waals surface area contributed by atoms with Crippen molar-refractivity contribution in [3.8, 4) is 0 Å². The van der Waals surface area contributed by atoms with Crippen LogP contribution in [0.4, 0.5) is 0 Å². The van der Waals surface area contributed by atoms with Crippen molar-refractivity contribution in [2.24, 2.45) is 35.0 Å². The second-order valence-electron chi connectivity index (χ2n) is 11.9. The van der Waals surface area contributed by atoms with Gasteiger partial charge in [0.25, 0.3) is 0 Å². The molecule has 4 heteroatoms. The fraction of sp³-hybridized carbons (Fsp3) is 0.786. The van der Waals surface area contributed by atoms with Gasteiger partial charge in [-0.25, -0.2) is 8.42 Å². The number of rotatable bonds is 5. The van der Waals surface area contributed by atoms with Gasteiger partial charge in [-0.1, -0.05) is 64.0 Å². The molecule has 3 nitrogen and oxygen atoms in total. The number of hydrogen-bond donors (Lipinski definition) is 1. The van der Waals surface area contributed by atoms with Gasteiger partial charge in [0.2, 0.25) is 0 Å². The normalized spacial score (nSPS) is 40.2. The summed E-state index contributed by atoms with van der Waals surface area (Å²) in [7, 11) is -3.17. The van der Waals surface area contributed by atoms with E-state index in [-0.39, 0.29) is 17.3 Å². The number of hydrogen-bond acceptors (Lipinski definition) is 3. The van der Waals surface area contributed by atoms with E-state index in [4.69, 9.17) is 0 Å². The van der Waals surface area contributed by atoms with Gasteiger partial charge in [0, 0.05) is 0 Å². The molecule has 180 valence electrons. The van der Waals surface area contributed by atoms with E-state index in [2.05, 4.69) is 52.8 Å². The molecule has 0 saturated heterocycles. The van der Waals surface area contributed by atoms with Crippen molar-refractivity contribution in [2.75, 3.05) is 5.75 Å². The highest BCUT2D eigenvalue weighted by molar-refractivity contribution is 7.92. The number of allylic oxidation sites excluding steroid dienone is 3. The largest absolute Gasteiger partial charge is 0.393 e. The van der Waals surface area contributed by atoms with Crippen molar-refractivity contribution in [1.82, 2.24) is 0 Å². The van der Waals surface area contributed by atoms with E-state index >= 15 is 0 Å². The Morgan fingerprint density at radius 2 is 1.81 bits per heavy atom. The van der Waals surface area contributed by atoms with Gasteiger partial charge in [-0.15, -0.1) is 0 Å². The van der Waals surface area contributed by atoms with E-state index in [9.17, 15) is 13.5 Å². The molecule has 3 aliphatic carbocycles. The first-order valence-electron chi connectivity index (χ1n) is 13.0. The lowest BCUT2D eigenvalue weighted by molar-refractivity contribution is 0.111. The van der Waals surface area contributed by atoms with E-state index in [1.54, 1.807) is 0 Å². The Hall–Kier alpha value is -0.870. The van der Waals surface area contributed by atoms with Crippen molar-refractivity contribution in [3.05, 3.63) is 34.9 Å². The van der Waals surface area contributed by atoms with E-state index in [0.717, 1.165) is 30.4 Å². The second-order valence-corrected chi connectivity index (χ2v) is 14.1. The number of fused-ring (bicyclic) bond motifs is 1. The van der Waals surface area contributed by atoms with Crippen LogP contribution in [0.2, 0.25) is 0 Å². The van der Waals surface area contributed by atoms with Gasteiger partial charge in [-0.3, -0.25) is 0 Å². The van der Waals surface area contributed by atoms with Crippen molar-refractivity contribution in [1.29, 1.82) is 0 Å². The molecule has 32 heavy (non-hydrogen) atoms. The molecule has 0 aromatic rings. The fourth-order valence-electron chi connectivity index (χ4n) is 7.28. The lowest BCUT2D eigenvalue weighted by atomic mass is 9.61. The van der Waals surface area contributed by atoms with Crippen LogP contribution in [0.3, 0.4) is 0 Å². The summed E-state index contributed by atoms with van der Waals surface area (Å²) in [4.78, 5) is 0. The van der Waals surface area contributed by atoms with Crippen molar-refractivity contribution >= 4 is 9.84 Å². The Morgan fingerprint density at radius 3 is 2.53 bits per heavy atom. The molecule has 2 unspecified atom stereocenters. The summed E-state index contributed by atoms with van der Waals surface area (Å²) in [6.07, 6.45) is 14.5. The Morgan fingerprint density at radius 1 is 1.06 bits per heavy atom. The molecule has 1 heterocycles. The average Bonchev–Trinajstić information content (AvgIpc) is 3.20. The molecule has 4 aliphatic rings. The Labute approximate surface area is 196 Å². The van der Waals surface area contributed by atoms with E-state index in [0.29, 0.717) is 42.4 Å². The first-order chi connectivity index (χ1) is 15.0. The standard InChI is InChI=1S/C28H44O3S/c1-18(2)19(3)8-9-20(4)25-12-13-26-21(7-6-14-28(25,26)5)15-27-24-16-23(29)11-10-22(24)17-32(27,30)31/h8-9,15,18-20,23,25-27,29H,6-7,10-14,16-17H2,1-5H3/b9-8+,21-15+/t19-,20+,23-,25+,26?,27?,28+/m0/s1. The molecule has 0 radical (unpaired) electrons. The Kier molecular flexibility index (Phi) is 6.87. The highest BCUT2D eigenvalue weighted by Crippen LogP contribution is 2.60. The molecular formula is C28H44O3S. The lowest BCUT2D eigenvalue weighted by Crippen LogP contribution is -2.36. The maximum Gasteiger partial charge on any atom is 0.164 e. The van der Waals surface area contributed by atoms with Gasteiger partial charge >= 0.3 is 0 Å². The van der Waals surface area contributed by atoms with Crippen LogP contribution in [-0.2, 0) is 9.84 Å². The molecule has 0 aromatic carbocycles. The summed E-state index contributed by atoms with van der Waals surface area (Å²) in [5, 5.41) is 9.73. The summed E-state index contributed by atoms with van der Waals surface area (Å²) in [6.45, 7) is 11.8. The molecule has 2 fully saturated rings. The summed E-state index contributed by atoms with van der Waals surface area (Å²) in [6, 6.07) is 0. The third kappa shape index (κ3) is 4.43. The number of sulfone groups is 1. The third-order valence-electron chi connectivity index (χ3n) is 9.60. The van der Waals surface area contributed by atoms with Crippen molar-refractivity contribution in [2.45, 2.75) is 97.3 Å². The van der Waals surface area contributed by atoms with Gasteiger partial charge in [0.15, 0.2) is 9.84 Å². The van der Waals surface area contributed by atoms with E-state index < -0.39 is 15.1 Å². The van der Waals surface area contributed by atoms with Gasteiger partial charge in [0.1, 0.15) is 5.25 Å². The van der Waals surface area contributed by atoms with E-state index in [1.807, 2.05) is 0 Å². The first kappa shape index (κ1) is 24.3. The summed E-state index contributed by atoms with van der Waals surface area (Å²) in [5.41, 5.74) is 3.78. The zero-order valence-electron chi connectivity index (χ0n) is 20.8. The second kappa shape index (κ2) is 9.06. The van der Waals surface area contributed by atoms with Crippen LogP contribution in [-0.4, -0.2) is 30.6 Å². The molecule has 2 saturated carbocycles. The molecule has 0 aromatic heterocycles. The minimum atomic E-state index is -3.17. The first-order valence-corrected chi connectivity index (χ1v) is 14.7. The molecule has 0 bridgehead atoms. The van der Waals surface area contributed by atoms with Crippen LogP contribution < -0.4 is 0 Å². The minimum Gasteiger partial charge on any atom is -0.393 e. The van der Waals surface area contributed by atoms with Crippen LogP contribution in [0.25, 0.3) is 0 Å². The molecule has 0 spiro atoms. The molecule has 1 N–H and O–H groups in total. The summed E-state index contributed by atoms with van der Waals surface area (Å²) >= 11 is 0. The molecule has 4 rings (SSSR count). The van der Waals surface area contributed by atoms with E-state index in [1.165, 1.54) is 24.8 Å². The van der Waals surface area contributed by atoms with Gasteiger partial charge < -0.3 is 5.11 Å². The zero-order chi connectivity index (χ0) is 23.3. The van der Waals surface area contributed by atoms with Crippen LogP contribution in [0.15, 0.2) is 34.9 Å². The predicted octanol–water partition coefficient (Wildman–Crippen LogP) is 6.25. The van der Waals surface area contributed by atoms with Crippen molar-refractivity contribution in [3.63, 3.8) is 0 Å². The predicted molar refractivity (Wildman–Crippen MR) is 133 cm³/mol. The van der Waals surface area contributed by atoms with Crippen LogP contribution in [0.5, 0.6) is 0 Å². The maximum atomic E-state index is 13.1. The minimum absolute atomic E-state index is 0.212. The van der Waals surface area contributed by atoms with Crippen LogP contribution in [0, 0.1) is 35.0 Å². The Balaban J connectivity index is 1.58. The van der Waals surface area contributed by atoms with Gasteiger partial charge in [0.05, 0.1) is 11.9 Å². The Bertz CT molecular complexity index is 909. The molecule has 1 aliphatic heterocycles. The maximum absolute atomic E-state index is 13.1. The molecule has 7 atom stereocenters. The van der Waals surface area contributed by atoms with Gasteiger partial charge in [-0.05, 0) is 91.9 Å². The highest BCUT2D eigenvalue weighted by Gasteiger charge is 2.51. The smallest absolute Gasteiger partial charge is 0.164 e. The number of aliphatic hydroxyl groups is 1. The van der Waals surface area contributed by atoms with Crippen LogP contribution in [0.1, 0.15) is 86.0 Å². The topological polar surface area (TPSA) is 54.4 Å².